The SMILES string of the molecule is N=C(Cc1ccccc1)CC(Cc1ccccc1)C(=O)O. The van der Waals surface area contributed by atoms with E-state index in [1.54, 1.807) is 0 Å². The largest absolute Gasteiger partial charge is 0.481 e. The Labute approximate surface area is 124 Å². The van der Waals surface area contributed by atoms with Gasteiger partial charge in [-0.2, -0.15) is 0 Å². The fraction of sp³-hybridized carbons (Fsp3) is 0.222. The molecule has 0 heterocycles. The third kappa shape index (κ3) is 4.88. The molecule has 2 aromatic carbocycles. The van der Waals surface area contributed by atoms with Crippen molar-refractivity contribution in [2.75, 3.05) is 0 Å². The summed E-state index contributed by atoms with van der Waals surface area (Å²) in [6, 6.07) is 19.3. The third-order valence-corrected chi connectivity index (χ3v) is 3.43. The highest BCUT2D eigenvalue weighted by Crippen LogP contribution is 2.15. The highest BCUT2D eigenvalue weighted by Gasteiger charge is 2.20. The first-order valence-corrected chi connectivity index (χ1v) is 7.02. The lowest BCUT2D eigenvalue weighted by Gasteiger charge is -2.13. The fourth-order valence-electron chi connectivity index (χ4n) is 2.36. The standard InChI is InChI=1S/C18H19NO2/c19-17(12-15-9-5-2-6-10-15)13-16(18(20)21)11-14-7-3-1-4-8-14/h1-10,16,19H,11-13H2,(H,20,21). The number of carbonyl (C=O) groups is 1. The molecule has 0 aliphatic carbocycles. The summed E-state index contributed by atoms with van der Waals surface area (Å²) in [6.07, 6.45) is 1.27. The van der Waals surface area contributed by atoms with Gasteiger partial charge in [0.25, 0.3) is 0 Å². The molecule has 1 atom stereocenters. The average Bonchev–Trinajstić information content (AvgIpc) is 2.48. The van der Waals surface area contributed by atoms with Crippen LogP contribution >= 0.6 is 0 Å². The highest BCUT2D eigenvalue weighted by molar-refractivity contribution is 5.87. The molecule has 21 heavy (non-hydrogen) atoms. The monoisotopic (exact) mass is 281 g/mol. The van der Waals surface area contributed by atoms with Gasteiger partial charge in [-0.3, -0.25) is 4.79 Å². The summed E-state index contributed by atoms with van der Waals surface area (Å²) in [5, 5.41) is 17.4. The van der Waals surface area contributed by atoms with Gasteiger partial charge in [-0.15, -0.1) is 0 Å². The molecular formula is C18H19NO2. The van der Waals surface area contributed by atoms with Crippen molar-refractivity contribution in [3.8, 4) is 0 Å². The number of hydrogen-bond acceptors (Lipinski definition) is 2. The van der Waals surface area contributed by atoms with Gasteiger partial charge < -0.3 is 10.5 Å². The van der Waals surface area contributed by atoms with Crippen LogP contribution in [0.4, 0.5) is 0 Å². The molecule has 1 unspecified atom stereocenters. The van der Waals surface area contributed by atoms with Crippen LogP contribution in [0.15, 0.2) is 60.7 Å². The molecule has 2 aromatic rings. The van der Waals surface area contributed by atoms with E-state index in [0.29, 0.717) is 25.0 Å². The van der Waals surface area contributed by atoms with Gasteiger partial charge in [-0.25, -0.2) is 0 Å². The van der Waals surface area contributed by atoms with Crippen LogP contribution in [0, 0.1) is 11.3 Å². The zero-order valence-electron chi connectivity index (χ0n) is 11.8. The first-order valence-electron chi connectivity index (χ1n) is 7.02. The Balaban J connectivity index is 1.96. The number of rotatable bonds is 7. The number of benzene rings is 2. The summed E-state index contributed by atoms with van der Waals surface area (Å²) < 4.78 is 0. The molecule has 0 saturated carbocycles. The van der Waals surface area contributed by atoms with Gasteiger partial charge in [0.15, 0.2) is 0 Å². The van der Waals surface area contributed by atoms with E-state index in [1.807, 2.05) is 60.7 Å². The summed E-state index contributed by atoms with van der Waals surface area (Å²) in [5.74, 6) is -1.37. The van der Waals surface area contributed by atoms with Crippen molar-refractivity contribution >= 4 is 11.7 Å². The lowest BCUT2D eigenvalue weighted by Crippen LogP contribution is -2.21. The molecule has 2 rings (SSSR count). The number of carboxylic acid groups (broad SMARTS) is 1. The molecule has 3 nitrogen and oxygen atoms in total. The number of carboxylic acids is 1. The topological polar surface area (TPSA) is 61.2 Å². The van der Waals surface area contributed by atoms with Gasteiger partial charge in [0, 0.05) is 12.1 Å². The molecular weight excluding hydrogens is 262 g/mol. The van der Waals surface area contributed by atoms with E-state index >= 15 is 0 Å². The first-order chi connectivity index (χ1) is 10.1. The number of aliphatic carboxylic acids is 1. The number of nitrogens with one attached hydrogen (secondary N) is 1. The molecule has 0 aliphatic rings. The predicted octanol–water partition coefficient (Wildman–Crippen LogP) is 3.58. The van der Waals surface area contributed by atoms with Crippen LogP contribution in [0.1, 0.15) is 17.5 Å². The summed E-state index contributed by atoms with van der Waals surface area (Å²) in [6.45, 7) is 0. The van der Waals surface area contributed by atoms with Crippen molar-refractivity contribution in [1.82, 2.24) is 0 Å². The Kier molecular flexibility index (Phi) is 5.27. The minimum atomic E-state index is -0.836. The molecule has 2 N–H and O–H groups in total. The van der Waals surface area contributed by atoms with Crippen molar-refractivity contribution in [3.63, 3.8) is 0 Å². The van der Waals surface area contributed by atoms with Gasteiger partial charge >= 0.3 is 5.97 Å². The maximum Gasteiger partial charge on any atom is 0.307 e. The molecule has 0 spiro atoms. The van der Waals surface area contributed by atoms with Crippen molar-refractivity contribution < 1.29 is 9.90 Å². The lowest BCUT2D eigenvalue weighted by atomic mass is 9.92. The molecule has 0 saturated heterocycles. The zero-order chi connectivity index (χ0) is 15.1. The maximum absolute atomic E-state index is 11.4. The molecule has 3 heteroatoms. The molecule has 0 aromatic heterocycles. The second-order valence-electron chi connectivity index (χ2n) is 5.19. The lowest BCUT2D eigenvalue weighted by molar-refractivity contribution is -0.141. The van der Waals surface area contributed by atoms with Gasteiger partial charge in [-0.1, -0.05) is 60.7 Å². The minimum absolute atomic E-state index is 0.291. The number of hydrogen-bond donors (Lipinski definition) is 2. The van der Waals surface area contributed by atoms with Crippen molar-refractivity contribution in [2.24, 2.45) is 5.92 Å². The predicted molar refractivity (Wildman–Crippen MR) is 83.8 cm³/mol. The molecule has 0 aliphatic heterocycles. The van der Waals surface area contributed by atoms with E-state index in [4.69, 9.17) is 5.41 Å². The van der Waals surface area contributed by atoms with Crippen molar-refractivity contribution in [3.05, 3.63) is 71.8 Å². The first kappa shape index (κ1) is 15.0. The average molecular weight is 281 g/mol. The highest BCUT2D eigenvalue weighted by atomic mass is 16.4. The second kappa shape index (κ2) is 7.39. The van der Waals surface area contributed by atoms with E-state index < -0.39 is 11.9 Å². The van der Waals surface area contributed by atoms with Crippen LogP contribution in [0.5, 0.6) is 0 Å². The van der Waals surface area contributed by atoms with E-state index in [9.17, 15) is 9.90 Å². The Bertz CT molecular complexity index is 593. The Morgan fingerprint density at radius 1 is 0.952 bits per heavy atom. The summed E-state index contributed by atoms with van der Waals surface area (Å²) in [4.78, 5) is 11.4. The van der Waals surface area contributed by atoms with Crippen LogP contribution in [0.25, 0.3) is 0 Å². The van der Waals surface area contributed by atoms with Gasteiger partial charge in [-0.05, 0) is 24.0 Å². The normalized spacial score (nSPS) is 11.8. The van der Waals surface area contributed by atoms with Crippen LogP contribution < -0.4 is 0 Å². The van der Waals surface area contributed by atoms with Crippen LogP contribution in [0.2, 0.25) is 0 Å². The molecule has 0 amide bonds. The quantitative estimate of drug-likeness (QED) is 0.762. The zero-order valence-corrected chi connectivity index (χ0v) is 11.8. The summed E-state index contributed by atoms with van der Waals surface area (Å²) >= 11 is 0. The van der Waals surface area contributed by atoms with Gasteiger partial charge in [0.1, 0.15) is 0 Å². The van der Waals surface area contributed by atoms with E-state index in [-0.39, 0.29) is 0 Å². The van der Waals surface area contributed by atoms with E-state index in [1.165, 1.54) is 0 Å². The molecule has 0 radical (unpaired) electrons. The van der Waals surface area contributed by atoms with Gasteiger partial charge in [0.05, 0.1) is 5.92 Å². The third-order valence-electron chi connectivity index (χ3n) is 3.43. The molecule has 108 valence electrons. The Morgan fingerprint density at radius 3 is 2.00 bits per heavy atom. The smallest absolute Gasteiger partial charge is 0.307 e. The fourth-order valence-corrected chi connectivity index (χ4v) is 2.36. The van der Waals surface area contributed by atoms with Crippen LogP contribution in [0.3, 0.4) is 0 Å². The molecule has 0 bridgehead atoms. The van der Waals surface area contributed by atoms with Crippen molar-refractivity contribution in [1.29, 1.82) is 5.41 Å². The van der Waals surface area contributed by atoms with Gasteiger partial charge in [0.2, 0.25) is 0 Å². The molecule has 0 fully saturated rings. The van der Waals surface area contributed by atoms with E-state index in [0.717, 1.165) is 11.1 Å². The van der Waals surface area contributed by atoms with Crippen molar-refractivity contribution in [2.45, 2.75) is 19.3 Å². The van der Waals surface area contributed by atoms with Crippen LogP contribution in [-0.4, -0.2) is 16.8 Å². The maximum atomic E-state index is 11.4. The Hall–Kier alpha value is -2.42. The summed E-state index contributed by atoms with van der Waals surface area (Å²) in [7, 11) is 0. The van der Waals surface area contributed by atoms with Crippen LogP contribution in [-0.2, 0) is 17.6 Å². The van der Waals surface area contributed by atoms with E-state index in [2.05, 4.69) is 0 Å². The Morgan fingerprint density at radius 2 is 1.48 bits per heavy atom. The second-order valence-corrected chi connectivity index (χ2v) is 5.19. The summed E-state index contributed by atoms with van der Waals surface area (Å²) in [5.41, 5.74) is 2.51. The minimum Gasteiger partial charge on any atom is -0.481 e.